The van der Waals surface area contributed by atoms with Crippen molar-refractivity contribution in [2.45, 2.75) is 56.0 Å². The van der Waals surface area contributed by atoms with E-state index in [2.05, 4.69) is 34.9 Å². The molecule has 0 aliphatic carbocycles. The molecule has 1 aromatic rings. The normalized spacial score (nSPS) is 27.4. The lowest BCUT2D eigenvalue weighted by molar-refractivity contribution is -0.132. The molecule has 0 bridgehead atoms. The Hall–Kier alpha value is -1.69. The van der Waals surface area contributed by atoms with E-state index >= 15 is 0 Å². The van der Waals surface area contributed by atoms with E-state index in [9.17, 15) is 9.59 Å². The topological polar surface area (TPSA) is 61.4 Å². The van der Waals surface area contributed by atoms with Gasteiger partial charge in [0.2, 0.25) is 5.91 Å². The highest BCUT2D eigenvalue weighted by atomic mass is 32.2. The van der Waals surface area contributed by atoms with Crippen LogP contribution in [0, 0.1) is 0 Å². The van der Waals surface area contributed by atoms with Crippen molar-refractivity contribution < 1.29 is 9.59 Å². The highest BCUT2D eigenvalue weighted by Gasteiger charge is 2.42. The van der Waals surface area contributed by atoms with E-state index in [1.54, 1.807) is 0 Å². The third-order valence-corrected chi connectivity index (χ3v) is 7.06. The van der Waals surface area contributed by atoms with Crippen molar-refractivity contribution in [3.63, 3.8) is 0 Å². The van der Waals surface area contributed by atoms with Crippen molar-refractivity contribution in [2.75, 3.05) is 12.3 Å². The van der Waals surface area contributed by atoms with Crippen LogP contribution in [0.15, 0.2) is 24.3 Å². The van der Waals surface area contributed by atoms with Gasteiger partial charge in [0.25, 0.3) is 0 Å². The number of benzene rings is 1. The first-order valence-electron chi connectivity index (χ1n) is 9.24. The lowest BCUT2D eigenvalue weighted by Gasteiger charge is -2.29. The monoisotopic (exact) mass is 359 g/mol. The van der Waals surface area contributed by atoms with Crippen LogP contribution in [-0.2, 0) is 17.8 Å². The van der Waals surface area contributed by atoms with Crippen molar-refractivity contribution in [1.29, 1.82) is 0 Å². The van der Waals surface area contributed by atoms with Crippen LogP contribution in [0.5, 0.6) is 0 Å². The lowest BCUT2D eigenvalue weighted by atomic mass is 9.99. The molecule has 134 valence electrons. The average Bonchev–Trinajstić information content (AvgIpc) is 3.17. The minimum atomic E-state index is -0.0270. The number of fused-ring (bicyclic) bond motifs is 2. The summed E-state index contributed by atoms with van der Waals surface area (Å²) in [7, 11) is 0. The van der Waals surface area contributed by atoms with Gasteiger partial charge in [-0.05, 0) is 30.4 Å². The number of rotatable bonds is 5. The van der Waals surface area contributed by atoms with Gasteiger partial charge in [0, 0.05) is 30.5 Å². The van der Waals surface area contributed by atoms with Crippen LogP contribution in [0.1, 0.15) is 36.8 Å². The largest absolute Gasteiger partial charge is 0.338 e. The van der Waals surface area contributed by atoms with E-state index < -0.39 is 0 Å². The summed E-state index contributed by atoms with van der Waals surface area (Å²) in [6.07, 6.45) is 4.66. The number of carbonyl (C=O) groups excluding carboxylic acids is 2. The summed E-state index contributed by atoms with van der Waals surface area (Å²) in [5, 5.41) is 6.49. The molecule has 3 atom stereocenters. The summed E-state index contributed by atoms with van der Waals surface area (Å²) < 4.78 is 0. The van der Waals surface area contributed by atoms with Gasteiger partial charge >= 0.3 is 6.03 Å². The predicted molar refractivity (Wildman–Crippen MR) is 99.5 cm³/mol. The molecule has 3 aliphatic rings. The van der Waals surface area contributed by atoms with E-state index in [1.807, 2.05) is 16.7 Å². The summed E-state index contributed by atoms with van der Waals surface area (Å²) in [6, 6.07) is 8.96. The van der Waals surface area contributed by atoms with Crippen molar-refractivity contribution in [3.05, 3.63) is 35.4 Å². The molecule has 3 heterocycles. The fourth-order valence-corrected chi connectivity index (χ4v) is 5.68. The van der Waals surface area contributed by atoms with Gasteiger partial charge in [-0.3, -0.25) is 4.79 Å². The molecular weight excluding hydrogens is 334 g/mol. The van der Waals surface area contributed by atoms with Crippen molar-refractivity contribution in [1.82, 2.24) is 15.5 Å². The molecule has 0 radical (unpaired) electrons. The molecule has 3 amide bonds. The molecule has 1 aromatic carbocycles. The van der Waals surface area contributed by atoms with E-state index in [0.717, 1.165) is 44.5 Å². The predicted octanol–water partition coefficient (Wildman–Crippen LogP) is 2.30. The van der Waals surface area contributed by atoms with E-state index in [1.165, 1.54) is 11.1 Å². The standard InChI is InChI=1S/C19H25N3O2S/c23-17(22-10-9-13-5-1-2-6-14(13)11-22)8-4-3-7-16-18-15(12-25-16)20-19(24)21-18/h1-2,5-6,15-16,18H,3-4,7-12H2,(H2,20,21,24). The highest BCUT2D eigenvalue weighted by molar-refractivity contribution is 8.00. The van der Waals surface area contributed by atoms with Gasteiger partial charge < -0.3 is 15.5 Å². The van der Waals surface area contributed by atoms with Gasteiger partial charge in [0.05, 0.1) is 12.1 Å². The molecule has 0 saturated carbocycles. The average molecular weight is 359 g/mol. The van der Waals surface area contributed by atoms with Gasteiger partial charge in [-0.2, -0.15) is 11.8 Å². The smallest absolute Gasteiger partial charge is 0.315 e. The molecule has 0 aromatic heterocycles. The van der Waals surface area contributed by atoms with Crippen LogP contribution in [0.3, 0.4) is 0 Å². The molecule has 4 rings (SSSR count). The number of hydrogen-bond donors (Lipinski definition) is 2. The Balaban J connectivity index is 1.19. The zero-order chi connectivity index (χ0) is 17.2. The van der Waals surface area contributed by atoms with Crippen LogP contribution in [0.2, 0.25) is 0 Å². The number of nitrogens with one attached hydrogen (secondary N) is 2. The summed E-state index contributed by atoms with van der Waals surface area (Å²) in [5.74, 6) is 1.28. The van der Waals surface area contributed by atoms with Crippen molar-refractivity contribution >= 4 is 23.7 Å². The summed E-state index contributed by atoms with van der Waals surface area (Å²) in [6.45, 7) is 1.60. The number of unbranched alkanes of at least 4 members (excludes halogenated alkanes) is 1. The molecule has 25 heavy (non-hydrogen) atoms. The Morgan fingerprint density at radius 1 is 1.20 bits per heavy atom. The maximum Gasteiger partial charge on any atom is 0.315 e. The van der Waals surface area contributed by atoms with Crippen molar-refractivity contribution in [2.24, 2.45) is 0 Å². The van der Waals surface area contributed by atoms with Crippen molar-refractivity contribution in [3.8, 4) is 0 Å². The third-order valence-electron chi connectivity index (χ3n) is 5.55. The van der Waals surface area contributed by atoms with E-state index in [4.69, 9.17) is 0 Å². The maximum atomic E-state index is 12.5. The summed E-state index contributed by atoms with van der Waals surface area (Å²) in [5.41, 5.74) is 2.67. The number of hydrogen-bond acceptors (Lipinski definition) is 3. The van der Waals surface area contributed by atoms with E-state index in [-0.39, 0.29) is 24.0 Å². The van der Waals surface area contributed by atoms with Gasteiger partial charge in [-0.25, -0.2) is 4.79 Å². The van der Waals surface area contributed by atoms with Crippen LogP contribution in [0.25, 0.3) is 0 Å². The highest BCUT2D eigenvalue weighted by Crippen LogP contribution is 2.33. The quantitative estimate of drug-likeness (QED) is 0.626. The molecule has 5 nitrogen and oxygen atoms in total. The Morgan fingerprint density at radius 2 is 2.04 bits per heavy atom. The minimum absolute atomic E-state index is 0.0270. The number of thioether (sulfide) groups is 1. The first-order valence-corrected chi connectivity index (χ1v) is 10.3. The van der Waals surface area contributed by atoms with Crippen LogP contribution in [0.4, 0.5) is 4.79 Å². The third kappa shape index (κ3) is 3.64. The molecule has 3 unspecified atom stereocenters. The van der Waals surface area contributed by atoms with E-state index in [0.29, 0.717) is 11.7 Å². The Labute approximate surface area is 152 Å². The second kappa shape index (κ2) is 7.28. The Morgan fingerprint density at radius 3 is 2.92 bits per heavy atom. The summed E-state index contributed by atoms with van der Waals surface area (Å²) >= 11 is 1.94. The number of amides is 3. The molecule has 2 saturated heterocycles. The Bertz CT molecular complexity index is 666. The first kappa shape index (κ1) is 16.8. The van der Waals surface area contributed by atoms with Crippen LogP contribution >= 0.6 is 11.8 Å². The number of carbonyl (C=O) groups is 2. The fraction of sp³-hybridized carbons (Fsp3) is 0.579. The zero-order valence-corrected chi connectivity index (χ0v) is 15.2. The van der Waals surface area contributed by atoms with Gasteiger partial charge in [-0.1, -0.05) is 30.7 Å². The van der Waals surface area contributed by atoms with Crippen LogP contribution < -0.4 is 10.6 Å². The minimum Gasteiger partial charge on any atom is -0.338 e. The summed E-state index contributed by atoms with van der Waals surface area (Å²) in [4.78, 5) is 25.9. The molecule has 0 spiro atoms. The first-order chi connectivity index (χ1) is 12.2. The molecule has 3 aliphatic heterocycles. The second-order valence-corrected chi connectivity index (χ2v) is 8.47. The molecular formula is C19H25N3O2S. The molecule has 2 N–H and O–H groups in total. The fourth-order valence-electron chi connectivity index (χ4n) is 4.13. The maximum absolute atomic E-state index is 12.5. The Kier molecular flexibility index (Phi) is 4.88. The van der Waals surface area contributed by atoms with Gasteiger partial charge in [-0.15, -0.1) is 0 Å². The lowest BCUT2D eigenvalue weighted by Crippen LogP contribution is -2.37. The van der Waals surface area contributed by atoms with Crippen LogP contribution in [-0.4, -0.2) is 46.5 Å². The van der Waals surface area contributed by atoms with Gasteiger partial charge in [0.1, 0.15) is 0 Å². The van der Waals surface area contributed by atoms with Gasteiger partial charge in [0.15, 0.2) is 0 Å². The number of nitrogens with zero attached hydrogens (tertiary/aromatic N) is 1. The SMILES string of the molecule is O=C1NC2CSC(CCCCC(=O)N3CCc4ccccc4C3)C2N1. The zero-order valence-electron chi connectivity index (χ0n) is 14.4. The molecule has 2 fully saturated rings. The number of urea groups is 1. The second-order valence-electron chi connectivity index (χ2n) is 7.20. The molecule has 6 heteroatoms.